The van der Waals surface area contributed by atoms with Crippen molar-refractivity contribution >= 4 is 47.2 Å². The predicted molar refractivity (Wildman–Crippen MR) is 195 cm³/mol. The molecule has 0 saturated heterocycles. The van der Waals surface area contributed by atoms with Gasteiger partial charge in [0.25, 0.3) is 0 Å². The fraction of sp³-hybridized carbons (Fsp3) is 0.447. The van der Waals surface area contributed by atoms with Crippen LogP contribution in [0.25, 0.3) is 0 Å². The summed E-state index contributed by atoms with van der Waals surface area (Å²) < 4.78 is 14.6. The van der Waals surface area contributed by atoms with E-state index in [0.29, 0.717) is 43.4 Å². The number of aromatic hydroxyl groups is 1. The zero-order chi connectivity index (χ0) is 39.2. The Bertz CT molecular complexity index is 1560. The normalized spacial score (nSPS) is 12.0. The van der Waals surface area contributed by atoms with Crippen LogP contribution in [0.15, 0.2) is 60.7 Å². The highest BCUT2D eigenvalue weighted by atomic mass is 16.7. The lowest BCUT2D eigenvalue weighted by Crippen LogP contribution is -2.45. The lowest BCUT2D eigenvalue weighted by molar-refractivity contribution is -0.135. The van der Waals surface area contributed by atoms with Crippen LogP contribution in [0.2, 0.25) is 0 Å². The van der Waals surface area contributed by atoms with Gasteiger partial charge in [0.2, 0.25) is 11.8 Å². The van der Waals surface area contributed by atoms with E-state index in [2.05, 4.69) is 20.7 Å². The second kappa shape index (κ2) is 23.7. The highest BCUT2D eigenvalue weighted by Crippen LogP contribution is 2.21. The van der Waals surface area contributed by atoms with Crippen molar-refractivity contribution in [2.24, 2.45) is 17.6 Å². The molecule has 2 aromatic carbocycles. The van der Waals surface area contributed by atoms with Crippen LogP contribution in [0.5, 0.6) is 11.5 Å². The number of primary amides is 1. The topological polar surface area (TPSA) is 230 Å². The Morgan fingerprint density at radius 2 is 1.51 bits per heavy atom. The maximum Gasteiger partial charge on any atom is 0.514 e. The van der Waals surface area contributed by atoms with Crippen molar-refractivity contribution in [3.8, 4) is 11.5 Å². The first kappa shape index (κ1) is 43.4. The number of phenols is 1. The van der Waals surface area contributed by atoms with Gasteiger partial charge in [0.15, 0.2) is 11.6 Å². The molecule has 0 saturated carbocycles. The molecule has 0 radical (unpaired) electrons. The van der Waals surface area contributed by atoms with Crippen molar-refractivity contribution < 1.29 is 52.9 Å². The fourth-order valence-corrected chi connectivity index (χ4v) is 5.08. The third-order valence-electron chi connectivity index (χ3n) is 7.98. The van der Waals surface area contributed by atoms with E-state index in [0.717, 1.165) is 6.08 Å². The Kier molecular flexibility index (Phi) is 19.4. The van der Waals surface area contributed by atoms with Crippen LogP contribution >= 0.6 is 0 Å². The van der Waals surface area contributed by atoms with Gasteiger partial charge in [0.1, 0.15) is 18.1 Å². The van der Waals surface area contributed by atoms with Gasteiger partial charge in [-0.25, -0.2) is 14.4 Å². The molecule has 53 heavy (non-hydrogen) atoms. The number of rotatable bonds is 23. The van der Waals surface area contributed by atoms with Crippen molar-refractivity contribution in [1.29, 1.82) is 0 Å². The Labute approximate surface area is 309 Å². The van der Waals surface area contributed by atoms with E-state index in [-0.39, 0.29) is 73.7 Å². The van der Waals surface area contributed by atoms with Crippen LogP contribution in [0, 0.1) is 11.8 Å². The van der Waals surface area contributed by atoms with Gasteiger partial charge in [-0.2, -0.15) is 0 Å². The molecule has 4 amide bonds. The Hall–Kier alpha value is -5.73. The molecule has 0 heterocycles. The average molecular weight is 739 g/mol. The molecule has 6 N–H and O–H groups in total. The van der Waals surface area contributed by atoms with E-state index in [4.69, 9.17) is 15.2 Å². The molecule has 15 nitrogen and oxygen atoms in total. The molecule has 288 valence electrons. The second-order valence-electron chi connectivity index (χ2n) is 12.6. The van der Waals surface area contributed by atoms with Crippen molar-refractivity contribution in [3.05, 3.63) is 66.2 Å². The molecule has 0 bridgehead atoms. The minimum absolute atomic E-state index is 0.0248. The number of amides is 4. The average Bonchev–Trinajstić information content (AvgIpc) is 3.12. The van der Waals surface area contributed by atoms with Gasteiger partial charge < -0.3 is 41.0 Å². The largest absolute Gasteiger partial charge is 0.514 e. The van der Waals surface area contributed by atoms with Gasteiger partial charge in [-0.15, -0.1) is 0 Å². The number of allylic oxidation sites excluding steroid dienone is 1. The van der Waals surface area contributed by atoms with Crippen LogP contribution in [0.4, 0.5) is 15.3 Å². The zero-order valence-corrected chi connectivity index (χ0v) is 30.4. The van der Waals surface area contributed by atoms with Crippen LogP contribution in [-0.2, 0) is 40.1 Å². The molecule has 0 aliphatic heterocycles. The van der Waals surface area contributed by atoms with E-state index in [1.165, 1.54) is 37.5 Å². The molecule has 2 rings (SSSR count). The van der Waals surface area contributed by atoms with E-state index in [9.17, 15) is 38.7 Å². The molecule has 0 aliphatic carbocycles. The number of phenolic OH excluding ortho intramolecular Hbond substituents is 1. The maximum absolute atomic E-state index is 13.5. The van der Waals surface area contributed by atoms with E-state index in [1.807, 2.05) is 0 Å². The molecular formula is C38H50N4O11. The van der Waals surface area contributed by atoms with Gasteiger partial charge in [0, 0.05) is 43.5 Å². The number of carbonyl (C=O) groups excluding carboxylic acids is 7. The first-order valence-corrected chi connectivity index (χ1v) is 17.4. The number of ether oxygens (including phenoxy) is 3. The molecule has 0 spiro atoms. The number of carbonyl (C=O) groups is 7. The quantitative estimate of drug-likeness (QED) is 0.0448. The fourth-order valence-electron chi connectivity index (χ4n) is 5.08. The number of methoxy groups -OCH3 is 1. The number of Topliss-reactive ketones (excluding diaryl/α,β-unsaturated/α-hetero) is 1. The van der Waals surface area contributed by atoms with Gasteiger partial charge in [-0.3, -0.25) is 19.2 Å². The number of esters is 1. The number of benzene rings is 2. The van der Waals surface area contributed by atoms with Crippen molar-refractivity contribution in [3.63, 3.8) is 0 Å². The summed E-state index contributed by atoms with van der Waals surface area (Å²) in [5, 5.41) is 17.4. The number of hydrogen-bond acceptors (Lipinski definition) is 11. The van der Waals surface area contributed by atoms with Crippen molar-refractivity contribution in [1.82, 2.24) is 10.6 Å². The zero-order valence-electron chi connectivity index (χ0n) is 30.4. The Morgan fingerprint density at radius 1 is 0.849 bits per heavy atom. The summed E-state index contributed by atoms with van der Waals surface area (Å²) in [6.07, 6.45) is 4.86. The number of anilines is 1. The van der Waals surface area contributed by atoms with Gasteiger partial charge >= 0.3 is 18.2 Å². The van der Waals surface area contributed by atoms with Crippen LogP contribution in [0.3, 0.4) is 0 Å². The SMILES string of the molecule is COC(=O)/C=C\C(=O)CCCCCCC(=O)N[C@H](C(=O)C[C@@H](CCCNC(N)=O)C(=O)Nc1ccc(COC(=O)Oc2ccc(O)cc2)cc1)C(C)C. The van der Waals surface area contributed by atoms with Gasteiger partial charge in [0.05, 0.1) is 13.2 Å². The standard InChI is InChI=1S/C38H50N4O11/c1-25(2)35(42-33(46)11-7-5-4-6-10-29(43)18-21-34(47)51-3)32(45)23-27(9-8-22-40-37(39)49)36(48)41-28-14-12-26(13-15-28)24-52-38(50)53-31-19-16-30(44)17-20-31/h12-21,25,27,35,44H,4-11,22-24H2,1-3H3,(H,41,48)(H,42,46)(H3,39,40,49)/b21-18-/t27-,35+/m1/s1. The molecule has 2 atom stereocenters. The minimum Gasteiger partial charge on any atom is -0.508 e. The third kappa shape index (κ3) is 18.4. The van der Waals surface area contributed by atoms with Gasteiger partial charge in [-0.05, 0) is 79.6 Å². The number of hydrogen-bond donors (Lipinski definition) is 5. The molecule has 0 unspecified atom stereocenters. The third-order valence-corrected chi connectivity index (χ3v) is 7.98. The Balaban J connectivity index is 1.91. The second-order valence-corrected chi connectivity index (χ2v) is 12.6. The summed E-state index contributed by atoms with van der Waals surface area (Å²) in [5.41, 5.74) is 6.21. The first-order chi connectivity index (χ1) is 25.3. The molecule has 2 aromatic rings. The van der Waals surface area contributed by atoms with E-state index >= 15 is 0 Å². The summed E-state index contributed by atoms with van der Waals surface area (Å²) in [6.45, 7) is 3.72. The molecule has 0 fully saturated rings. The summed E-state index contributed by atoms with van der Waals surface area (Å²) in [4.78, 5) is 85.8. The Morgan fingerprint density at radius 3 is 2.13 bits per heavy atom. The molecule has 0 aromatic heterocycles. The van der Waals surface area contributed by atoms with Gasteiger partial charge in [-0.1, -0.05) is 38.8 Å². The van der Waals surface area contributed by atoms with Crippen molar-refractivity contribution in [2.45, 2.75) is 84.3 Å². The van der Waals surface area contributed by atoms with E-state index < -0.39 is 36.0 Å². The number of nitrogens with one attached hydrogen (secondary N) is 3. The molecular weight excluding hydrogens is 688 g/mol. The monoisotopic (exact) mass is 738 g/mol. The van der Waals surface area contributed by atoms with Crippen LogP contribution in [-0.4, -0.2) is 66.3 Å². The van der Waals surface area contributed by atoms with Crippen LogP contribution in [0.1, 0.15) is 77.2 Å². The number of nitrogens with two attached hydrogens (primary N) is 1. The number of unbranched alkanes of at least 4 members (excludes halogenated alkanes) is 3. The lowest BCUT2D eigenvalue weighted by Gasteiger charge is -2.24. The predicted octanol–water partition coefficient (Wildman–Crippen LogP) is 4.85. The highest BCUT2D eigenvalue weighted by molar-refractivity contribution is 5.97. The summed E-state index contributed by atoms with van der Waals surface area (Å²) >= 11 is 0. The summed E-state index contributed by atoms with van der Waals surface area (Å²) in [5.74, 6) is -2.60. The molecule has 15 heteroatoms. The van der Waals surface area contributed by atoms with Crippen LogP contribution < -0.4 is 26.4 Å². The summed E-state index contributed by atoms with van der Waals surface area (Å²) in [6, 6.07) is 10.6. The lowest BCUT2D eigenvalue weighted by atomic mass is 9.89. The number of urea groups is 1. The first-order valence-electron chi connectivity index (χ1n) is 17.4. The van der Waals surface area contributed by atoms with Crippen molar-refractivity contribution in [2.75, 3.05) is 19.0 Å². The minimum atomic E-state index is -0.934. The smallest absolute Gasteiger partial charge is 0.508 e. The van der Waals surface area contributed by atoms with E-state index in [1.54, 1.807) is 38.1 Å². The molecule has 0 aliphatic rings. The maximum atomic E-state index is 13.5. The summed E-state index contributed by atoms with van der Waals surface area (Å²) in [7, 11) is 1.23. The number of ketones is 2. The highest BCUT2D eigenvalue weighted by Gasteiger charge is 2.29.